The Morgan fingerprint density at radius 2 is 2.05 bits per heavy atom. The molecule has 6 nitrogen and oxygen atoms in total. The summed E-state index contributed by atoms with van der Waals surface area (Å²) in [7, 11) is 0. The lowest BCUT2D eigenvalue weighted by atomic mass is 10.3. The molecule has 2 heterocycles. The van der Waals surface area contributed by atoms with Gasteiger partial charge in [0, 0.05) is 32.2 Å². The normalized spacial score (nSPS) is 16.4. The average Bonchev–Trinajstić information content (AvgIpc) is 2.39. The minimum Gasteiger partial charge on any atom is -0.397 e. The van der Waals surface area contributed by atoms with Crippen LogP contribution in [-0.2, 0) is 4.79 Å². The molecule has 1 aliphatic heterocycles. The maximum absolute atomic E-state index is 11.7. The van der Waals surface area contributed by atoms with E-state index in [0.717, 1.165) is 32.0 Å². The van der Waals surface area contributed by atoms with E-state index in [4.69, 9.17) is 5.73 Å². The smallest absolute Gasteiger partial charge is 0.234 e. The van der Waals surface area contributed by atoms with Crippen LogP contribution in [0.15, 0.2) is 18.3 Å². The van der Waals surface area contributed by atoms with Crippen molar-refractivity contribution in [2.75, 3.05) is 43.4 Å². The Morgan fingerprint density at radius 1 is 1.35 bits per heavy atom. The first-order chi connectivity index (χ1) is 9.54. The van der Waals surface area contributed by atoms with Gasteiger partial charge in [-0.05, 0) is 26.0 Å². The molecule has 6 heteroatoms. The van der Waals surface area contributed by atoms with Crippen molar-refractivity contribution in [2.24, 2.45) is 0 Å². The molecule has 1 aromatic heterocycles. The highest BCUT2D eigenvalue weighted by molar-refractivity contribution is 5.78. The Labute approximate surface area is 120 Å². The lowest BCUT2D eigenvalue weighted by Gasteiger charge is -2.35. The van der Waals surface area contributed by atoms with Crippen molar-refractivity contribution in [3.8, 4) is 0 Å². The number of aromatic nitrogens is 1. The molecule has 0 atom stereocenters. The van der Waals surface area contributed by atoms with Crippen molar-refractivity contribution in [2.45, 2.75) is 19.9 Å². The van der Waals surface area contributed by atoms with Gasteiger partial charge in [-0.1, -0.05) is 0 Å². The van der Waals surface area contributed by atoms with E-state index in [9.17, 15) is 4.79 Å². The van der Waals surface area contributed by atoms with Gasteiger partial charge in [-0.15, -0.1) is 0 Å². The van der Waals surface area contributed by atoms with E-state index in [0.29, 0.717) is 12.2 Å². The molecule has 0 radical (unpaired) electrons. The zero-order valence-electron chi connectivity index (χ0n) is 12.2. The quantitative estimate of drug-likeness (QED) is 0.828. The molecular weight excluding hydrogens is 254 g/mol. The predicted octanol–water partition coefficient (Wildman–Crippen LogP) is 0.310. The SMILES string of the molecule is CC(C)NC(=O)CN1CCN(c2ccc(N)cn2)CC1. The highest BCUT2D eigenvalue weighted by atomic mass is 16.2. The van der Waals surface area contributed by atoms with Gasteiger partial charge in [0.25, 0.3) is 0 Å². The zero-order valence-corrected chi connectivity index (χ0v) is 12.2. The van der Waals surface area contributed by atoms with Crippen molar-refractivity contribution in [1.29, 1.82) is 0 Å². The summed E-state index contributed by atoms with van der Waals surface area (Å²) in [4.78, 5) is 20.4. The van der Waals surface area contributed by atoms with Crippen LogP contribution in [-0.4, -0.2) is 54.6 Å². The number of nitrogens with zero attached hydrogens (tertiary/aromatic N) is 3. The molecule has 20 heavy (non-hydrogen) atoms. The van der Waals surface area contributed by atoms with Crippen molar-refractivity contribution < 1.29 is 4.79 Å². The Morgan fingerprint density at radius 3 is 2.60 bits per heavy atom. The number of nitrogens with two attached hydrogens (primary N) is 1. The van der Waals surface area contributed by atoms with Gasteiger partial charge in [0.2, 0.25) is 5.91 Å². The lowest BCUT2D eigenvalue weighted by molar-refractivity contribution is -0.122. The summed E-state index contributed by atoms with van der Waals surface area (Å²) >= 11 is 0. The molecule has 0 saturated carbocycles. The van der Waals surface area contributed by atoms with Gasteiger partial charge in [-0.3, -0.25) is 9.69 Å². The molecular formula is C14H23N5O. The number of piperazine rings is 1. The molecule has 0 unspecified atom stereocenters. The number of carbonyl (C=O) groups excluding carboxylic acids is 1. The summed E-state index contributed by atoms with van der Waals surface area (Å²) in [6.45, 7) is 7.93. The molecule has 1 aromatic rings. The second-order valence-electron chi connectivity index (χ2n) is 5.44. The van der Waals surface area contributed by atoms with Crippen LogP contribution < -0.4 is 16.0 Å². The number of nitrogen functional groups attached to an aromatic ring is 1. The molecule has 1 aliphatic rings. The summed E-state index contributed by atoms with van der Waals surface area (Å²) in [6, 6.07) is 4.00. The number of hydrogen-bond acceptors (Lipinski definition) is 5. The maximum Gasteiger partial charge on any atom is 0.234 e. The van der Waals surface area contributed by atoms with E-state index >= 15 is 0 Å². The van der Waals surface area contributed by atoms with Crippen molar-refractivity contribution >= 4 is 17.4 Å². The number of amides is 1. The van der Waals surface area contributed by atoms with Gasteiger partial charge >= 0.3 is 0 Å². The van der Waals surface area contributed by atoms with Gasteiger partial charge < -0.3 is 16.0 Å². The monoisotopic (exact) mass is 277 g/mol. The molecule has 2 rings (SSSR count). The van der Waals surface area contributed by atoms with Gasteiger partial charge in [-0.2, -0.15) is 0 Å². The number of anilines is 2. The van der Waals surface area contributed by atoms with Crippen molar-refractivity contribution in [3.63, 3.8) is 0 Å². The van der Waals surface area contributed by atoms with Gasteiger partial charge in [0.15, 0.2) is 0 Å². The number of rotatable bonds is 4. The van der Waals surface area contributed by atoms with Crippen LogP contribution in [0.2, 0.25) is 0 Å². The van der Waals surface area contributed by atoms with Crippen LogP contribution in [0.3, 0.4) is 0 Å². The number of pyridine rings is 1. The first kappa shape index (κ1) is 14.6. The average molecular weight is 277 g/mol. The van der Waals surface area contributed by atoms with E-state index in [1.54, 1.807) is 6.20 Å². The summed E-state index contributed by atoms with van der Waals surface area (Å²) in [5, 5.41) is 2.92. The third kappa shape index (κ3) is 4.09. The van der Waals surface area contributed by atoms with Crippen LogP contribution in [0, 0.1) is 0 Å². The molecule has 1 amide bonds. The number of nitrogens with one attached hydrogen (secondary N) is 1. The summed E-state index contributed by atoms with van der Waals surface area (Å²) in [6.07, 6.45) is 1.68. The number of hydrogen-bond donors (Lipinski definition) is 2. The standard InChI is InChI=1S/C14H23N5O/c1-11(2)17-14(20)10-18-5-7-19(8-6-18)13-4-3-12(15)9-16-13/h3-4,9,11H,5-8,10,15H2,1-2H3,(H,17,20). The number of carbonyl (C=O) groups is 1. The van der Waals surface area contributed by atoms with E-state index < -0.39 is 0 Å². The molecule has 3 N–H and O–H groups in total. The molecule has 0 spiro atoms. The van der Waals surface area contributed by atoms with E-state index in [1.807, 2.05) is 26.0 Å². The fraction of sp³-hybridized carbons (Fsp3) is 0.571. The van der Waals surface area contributed by atoms with E-state index in [-0.39, 0.29) is 11.9 Å². The van der Waals surface area contributed by atoms with Gasteiger partial charge in [-0.25, -0.2) is 4.98 Å². The third-order valence-electron chi connectivity index (χ3n) is 3.28. The second kappa shape index (κ2) is 6.56. The Balaban J connectivity index is 1.80. The molecule has 0 aromatic carbocycles. The van der Waals surface area contributed by atoms with Crippen molar-refractivity contribution in [1.82, 2.24) is 15.2 Å². The molecule has 0 bridgehead atoms. The Hall–Kier alpha value is -1.82. The molecule has 110 valence electrons. The lowest BCUT2D eigenvalue weighted by Crippen LogP contribution is -2.50. The topological polar surface area (TPSA) is 74.5 Å². The third-order valence-corrected chi connectivity index (χ3v) is 3.28. The van der Waals surface area contributed by atoms with Crippen LogP contribution in [0.5, 0.6) is 0 Å². The minimum absolute atomic E-state index is 0.0964. The first-order valence-corrected chi connectivity index (χ1v) is 7.03. The van der Waals surface area contributed by atoms with Crippen LogP contribution in [0.25, 0.3) is 0 Å². The van der Waals surface area contributed by atoms with Crippen LogP contribution in [0.1, 0.15) is 13.8 Å². The van der Waals surface area contributed by atoms with E-state index in [1.165, 1.54) is 0 Å². The molecule has 1 fully saturated rings. The van der Waals surface area contributed by atoms with E-state index in [2.05, 4.69) is 20.1 Å². The summed E-state index contributed by atoms with van der Waals surface area (Å²) in [5.74, 6) is 1.05. The second-order valence-corrected chi connectivity index (χ2v) is 5.44. The highest BCUT2D eigenvalue weighted by Gasteiger charge is 2.19. The van der Waals surface area contributed by atoms with Crippen LogP contribution >= 0.6 is 0 Å². The zero-order chi connectivity index (χ0) is 14.5. The fourth-order valence-electron chi connectivity index (χ4n) is 2.29. The Bertz CT molecular complexity index is 437. The fourth-order valence-corrected chi connectivity index (χ4v) is 2.29. The Kier molecular flexibility index (Phi) is 4.79. The van der Waals surface area contributed by atoms with Crippen molar-refractivity contribution in [3.05, 3.63) is 18.3 Å². The predicted molar refractivity (Wildman–Crippen MR) is 80.6 cm³/mol. The largest absolute Gasteiger partial charge is 0.397 e. The van der Waals surface area contributed by atoms with Gasteiger partial charge in [0.05, 0.1) is 18.4 Å². The molecule has 1 saturated heterocycles. The van der Waals surface area contributed by atoms with Gasteiger partial charge in [0.1, 0.15) is 5.82 Å². The van der Waals surface area contributed by atoms with Crippen LogP contribution in [0.4, 0.5) is 11.5 Å². The molecule has 0 aliphatic carbocycles. The minimum atomic E-state index is 0.0964. The first-order valence-electron chi connectivity index (χ1n) is 7.03. The highest BCUT2D eigenvalue weighted by Crippen LogP contribution is 2.14. The maximum atomic E-state index is 11.7. The summed E-state index contributed by atoms with van der Waals surface area (Å²) in [5.41, 5.74) is 6.32. The summed E-state index contributed by atoms with van der Waals surface area (Å²) < 4.78 is 0.